The highest BCUT2D eigenvalue weighted by Crippen LogP contribution is 2.27. The Hall–Kier alpha value is -1.20. The van der Waals surface area contributed by atoms with E-state index in [9.17, 15) is 8.78 Å². The van der Waals surface area contributed by atoms with Crippen LogP contribution in [0.2, 0.25) is 0 Å². The van der Waals surface area contributed by atoms with Gasteiger partial charge in [-0.2, -0.15) is 0 Å². The molecule has 1 aromatic carbocycles. The topological polar surface area (TPSA) is 27.1 Å². The number of aromatic nitrogens is 2. The number of nitrogens with zero attached hydrogens (tertiary/aromatic N) is 2. The number of alkyl halides is 1. The van der Waals surface area contributed by atoms with Crippen LogP contribution in [0.15, 0.2) is 12.1 Å². The van der Waals surface area contributed by atoms with Gasteiger partial charge in [0, 0.05) is 26.3 Å². The fraction of sp³-hybridized carbons (Fsp3) is 0.462. The molecular weight excluding hydrogens is 274 g/mol. The van der Waals surface area contributed by atoms with Crippen LogP contribution in [-0.4, -0.2) is 23.3 Å². The van der Waals surface area contributed by atoms with Gasteiger partial charge < -0.3 is 9.30 Å². The van der Waals surface area contributed by atoms with Gasteiger partial charge in [-0.3, -0.25) is 0 Å². The van der Waals surface area contributed by atoms with Crippen LogP contribution in [0.3, 0.4) is 0 Å². The molecule has 0 radical (unpaired) electrons. The molecule has 0 bridgehead atoms. The molecule has 0 aliphatic rings. The molecule has 0 fully saturated rings. The van der Waals surface area contributed by atoms with Crippen LogP contribution < -0.4 is 0 Å². The predicted molar refractivity (Wildman–Crippen MR) is 70.4 cm³/mol. The van der Waals surface area contributed by atoms with Gasteiger partial charge in [-0.05, 0) is 19.4 Å². The molecular formula is C13H15ClF2N2O. The van der Waals surface area contributed by atoms with Gasteiger partial charge in [-0.1, -0.05) is 0 Å². The maximum absolute atomic E-state index is 13.7. The van der Waals surface area contributed by atoms with Crippen LogP contribution >= 0.6 is 11.6 Å². The van der Waals surface area contributed by atoms with E-state index in [1.165, 1.54) is 6.07 Å². The summed E-state index contributed by atoms with van der Waals surface area (Å²) in [5, 5.41) is -0.377. The average molecular weight is 289 g/mol. The maximum atomic E-state index is 13.7. The standard InChI is InChI=1S/C13H15ClF2N2O/c1-8(14)13-17-12-10(16)6-9(15)7-11(12)18(13)4-3-5-19-2/h6-8H,3-5H2,1-2H3. The highest BCUT2D eigenvalue weighted by atomic mass is 35.5. The summed E-state index contributed by atoms with van der Waals surface area (Å²) >= 11 is 6.05. The van der Waals surface area contributed by atoms with Crippen LogP contribution in [0.4, 0.5) is 8.78 Å². The number of halogens is 3. The number of benzene rings is 1. The summed E-state index contributed by atoms with van der Waals surface area (Å²) < 4.78 is 33.8. The molecule has 2 aromatic rings. The first-order valence-corrected chi connectivity index (χ1v) is 6.46. The predicted octanol–water partition coefficient (Wildman–Crippen LogP) is 3.65. The molecule has 0 aliphatic heterocycles. The first kappa shape index (κ1) is 14.2. The molecule has 0 N–H and O–H groups in total. The Morgan fingerprint density at radius 2 is 2.16 bits per heavy atom. The maximum Gasteiger partial charge on any atom is 0.153 e. The molecule has 0 aliphatic carbocycles. The van der Waals surface area contributed by atoms with Crippen molar-refractivity contribution in [3.05, 3.63) is 29.6 Å². The third-order valence-electron chi connectivity index (χ3n) is 2.89. The van der Waals surface area contributed by atoms with Gasteiger partial charge in [-0.25, -0.2) is 13.8 Å². The van der Waals surface area contributed by atoms with Crippen LogP contribution in [0, 0.1) is 11.6 Å². The highest BCUT2D eigenvalue weighted by molar-refractivity contribution is 6.20. The Bertz CT molecular complexity index is 584. The zero-order valence-corrected chi connectivity index (χ0v) is 11.5. The zero-order valence-electron chi connectivity index (χ0n) is 10.8. The second kappa shape index (κ2) is 5.84. The van der Waals surface area contributed by atoms with Crippen molar-refractivity contribution in [1.29, 1.82) is 0 Å². The fourth-order valence-electron chi connectivity index (χ4n) is 2.07. The number of ether oxygens (including phenoxy) is 1. The van der Waals surface area contributed by atoms with Gasteiger partial charge in [0.05, 0.1) is 10.9 Å². The van der Waals surface area contributed by atoms with Gasteiger partial charge in [0.15, 0.2) is 5.82 Å². The second-order valence-electron chi connectivity index (χ2n) is 4.34. The van der Waals surface area contributed by atoms with E-state index in [2.05, 4.69) is 4.98 Å². The summed E-state index contributed by atoms with van der Waals surface area (Å²) in [5.41, 5.74) is 0.581. The van der Waals surface area contributed by atoms with Crippen LogP contribution in [0.5, 0.6) is 0 Å². The second-order valence-corrected chi connectivity index (χ2v) is 4.99. The Morgan fingerprint density at radius 1 is 1.42 bits per heavy atom. The minimum Gasteiger partial charge on any atom is -0.385 e. The van der Waals surface area contributed by atoms with Gasteiger partial charge >= 0.3 is 0 Å². The first-order valence-electron chi connectivity index (χ1n) is 6.02. The SMILES string of the molecule is COCCCn1c(C(C)Cl)nc2c(F)cc(F)cc21. The van der Waals surface area contributed by atoms with Crippen LogP contribution in [-0.2, 0) is 11.3 Å². The van der Waals surface area contributed by atoms with E-state index in [-0.39, 0.29) is 10.9 Å². The number of methoxy groups -OCH3 is 1. The van der Waals surface area contributed by atoms with Crippen molar-refractivity contribution in [2.45, 2.75) is 25.3 Å². The van der Waals surface area contributed by atoms with Gasteiger partial charge in [-0.15, -0.1) is 11.6 Å². The first-order chi connectivity index (χ1) is 9.04. The van der Waals surface area contributed by atoms with Gasteiger partial charge in [0.25, 0.3) is 0 Å². The fourth-order valence-corrected chi connectivity index (χ4v) is 2.24. The lowest BCUT2D eigenvalue weighted by molar-refractivity contribution is 0.190. The summed E-state index contributed by atoms with van der Waals surface area (Å²) in [6, 6.07) is 2.11. The molecule has 19 heavy (non-hydrogen) atoms. The zero-order chi connectivity index (χ0) is 14.0. The molecule has 0 saturated heterocycles. The van der Waals surface area contributed by atoms with E-state index in [0.29, 0.717) is 24.5 Å². The lowest BCUT2D eigenvalue weighted by Crippen LogP contribution is -2.06. The molecule has 3 nitrogen and oxygen atoms in total. The number of rotatable bonds is 5. The van der Waals surface area contributed by atoms with Crippen molar-refractivity contribution in [3.8, 4) is 0 Å². The molecule has 0 amide bonds. The summed E-state index contributed by atoms with van der Waals surface area (Å²) in [6.45, 7) is 2.87. The van der Waals surface area contributed by atoms with E-state index >= 15 is 0 Å². The minimum absolute atomic E-state index is 0.154. The van der Waals surface area contributed by atoms with Gasteiger partial charge in [0.2, 0.25) is 0 Å². The van der Waals surface area contributed by atoms with E-state index in [0.717, 1.165) is 12.5 Å². The number of imidazole rings is 1. The van der Waals surface area contributed by atoms with Crippen molar-refractivity contribution in [2.75, 3.05) is 13.7 Å². The Kier molecular flexibility index (Phi) is 4.37. The molecule has 0 spiro atoms. The van der Waals surface area contributed by atoms with E-state index in [4.69, 9.17) is 16.3 Å². The Labute approximate surface area is 115 Å². The summed E-state index contributed by atoms with van der Waals surface area (Å²) in [7, 11) is 1.61. The Balaban J connectivity index is 2.52. The summed E-state index contributed by atoms with van der Waals surface area (Å²) in [4.78, 5) is 4.18. The third-order valence-corrected chi connectivity index (χ3v) is 3.08. The lowest BCUT2D eigenvalue weighted by Gasteiger charge is -2.10. The minimum atomic E-state index is -0.668. The third kappa shape index (κ3) is 2.87. The molecule has 1 aromatic heterocycles. The monoisotopic (exact) mass is 288 g/mol. The number of fused-ring (bicyclic) bond motifs is 1. The van der Waals surface area contributed by atoms with Crippen molar-refractivity contribution >= 4 is 22.6 Å². The van der Waals surface area contributed by atoms with E-state index in [1.807, 2.05) is 0 Å². The Morgan fingerprint density at radius 3 is 2.79 bits per heavy atom. The number of aryl methyl sites for hydroxylation is 1. The quantitative estimate of drug-likeness (QED) is 0.620. The molecule has 1 heterocycles. The smallest absolute Gasteiger partial charge is 0.153 e. The van der Waals surface area contributed by atoms with Crippen molar-refractivity contribution in [1.82, 2.24) is 9.55 Å². The number of hydrogen-bond donors (Lipinski definition) is 0. The van der Waals surface area contributed by atoms with Crippen molar-refractivity contribution in [2.24, 2.45) is 0 Å². The average Bonchev–Trinajstić information content (AvgIpc) is 2.69. The van der Waals surface area contributed by atoms with Crippen LogP contribution in [0.1, 0.15) is 24.5 Å². The molecule has 1 atom stereocenters. The van der Waals surface area contributed by atoms with E-state index in [1.54, 1.807) is 18.6 Å². The van der Waals surface area contributed by atoms with Gasteiger partial charge in [0.1, 0.15) is 17.2 Å². The largest absolute Gasteiger partial charge is 0.385 e. The molecule has 1 unspecified atom stereocenters. The summed E-state index contributed by atoms with van der Waals surface area (Å²) in [5.74, 6) is -0.747. The normalized spacial score (nSPS) is 13.1. The molecule has 0 saturated carbocycles. The van der Waals surface area contributed by atoms with Crippen LogP contribution in [0.25, 0.3) is 11.0 Å². The highest BCUT2D eigenvalue weighted by Gasteiger charge is 2.18. The van der Waals surface area contributed by atoms with Crippen molar-refractivity contribution < 1.29 is 13.5 Å². The van der Waals surface area contributed by atoms with Crippen molar-refractivity contribution in [3.63, 3.8) is 0 Å². The van der Waals surface area contributed by atoms with E-state index < -0.39 is 11.6 Å². The molecule has 104 valence electrons. The number of hydrogen-bond acceptors (Lipinski definition) is 2. The lowest BCUT2D eigenvalue weighted by atomic mass is 10.3. The molecule has 2 rings (SSSR count). The molecule has 6 heteroatoms. The summed E-state index contributed by atoms with van der Waals surface area (Å²) in [6.07, 6.45) is 0.719.